The highest BCUT2D eigenvalue weighted by atomic mass is 32.2. The summed E-state index contributed by atoms with van der Waals surface area (Å²) in [6, 6.07) is 0. The molecule has 2 rings (SSSR count). The number of carbonyl (C=O) groups excluding carboxylic acids is 1. The van der Waals surface area contributed by atoms with Crippen LogP contribution in [0, 0.1) is 0 Å². The lowest BCUT2D eigenvalue weighted by Crippen LogP contribution is -2.51. The number of hydrogen-bond donors (Lipinski definition) is 1. The Morgan fingerprint density at radius 3 is 2.52 bits per heavy atom. The predicted molar refractivity (Wildman–Crippen MR) is 86.4 cm³/mol. The lowest BCUT2D eigenvalue weighted by atomic mass is 10.3. The molecule has 0 saturated carbocycles. The number of amides is 1. The first-order chi connectivity index (χ1) is 10.9. The Kier molecular flexibility index (Phi) is 6.03. The highest BCUT2D eigenvalue weighted by Gasteiger charge is 2.29. The monoisotopic (exact) mass is 341 g/mol. The molecular weight excluding hydrogens is 318 g/mol. The van der Waals surface area contributed by atoms with Crippen molar-refractivity contribution in [2.24, 2.45) is 0 Å². The van der Waals surface area contributed by atoms with Crippen molar-refractivity contribution >= 4 is 15.9 Å². The van der Waals surface area contributed by atoms with E-state index < -0.39 is 10.0 Å². The van der Waals surface area contributed by atoms with Crippen LogP contribution in [0.5, 0.6) is 0 Å². The molecule has 0 aliphatic carbocycles. The molecule has 1 saturated heterocycles. The molecule has 1 aromatic rings. The summed E-state index contributed by atoms with van der Waals surface area (Å²) in [7, 11) is -3.17. The van der Waals surface area contributed by atoms with Crippen LogP contribution in [-0.4, -0.2) is 78.0 Å². The fraction of sp³-hybridized carbons (Fsp3) is 0.643. The number of nitrogens with zero attached hydrogens (tertiary/aromatic N) is 4. The Labute approximate surface area is 137 Å². The Hall–Kier alpha value is -1.58. The smallest absolute Gasteiger partial charge is 0.271 e. The molecule has 23 heavy (non-hydrogen) atoms. The minimum absolute atomic E-state index is 0.251. The fourth-order valence-corrected chi connectivity index (χ4v) is 3.61. The molecule has 2 heterocycles. The summed E-state index contributed by atoms with van der Waals surface area (Å²) in [6.07, 6.45) is 4.41. The van der Waals surface area contributed by atoms with Crippen molar-refractivity contribution in [3.63, 3.8) is 0 Å². The predicted octanol–water partition coefficient (Wildman–Crippen LogP) is -0.438. The lowest BCUT2D eigenvalue weighted by Gasteiger charge is -2.34. The second-order valence-corrected chi connectivity index (χ2v) is 8.17. The van der Waals surface area contributed by atoms with E-state index in [9.17, 15) is 13.2 Å². The minimum atomic E-state index is -3.17. The average molecular weight is 341 g/mol. The van der Waals surface area contributed by atoms with Crippen molar-refractivity contribution in [3.05, 3.63) is 24.3 Å². The van der Waals surface area contributed by atoms with Crippen molar-refractivity contribution in [3.8, 4) is 0 Å². The molecule has 1 aromatic heterocycles. The van der Waals surface area contributed by atoms with Gasteiger partial charge in [-0.15, -0.1) is 0 Å². The van der Waals surface area contributed by atoms with Gasteiger partial charge in [0.1, 0.15) is 5.69 Å². The number of sulfonamides is 1. The molecule has 0 radical (unpaired) electrons. The standard InChI is InChI=1S/C14H23N5O3S/c1-12(2)23(21,22)19-9-7-18(8-10-19)6-5-17-14(20)13-11-15-3-4-16-13/h3-4,11-12H,5-10H2,1-2H3,(H,17,20). The van der Waals surface area contributed by atoms with Gasteiger partial charge in [-0.1, -0.05) is 0 Å². The van der Waals surface area contributed by atoms with Gasteiger partial charge in [0.2, 0.25) is 10.0 Å². The third-order valence-electron chi connectivity index (χ3n) is 3.80. The third kappa shape index (κ3) is 4.69. The van der Waals surface area contributed by atoms with Crippen molar-refractivity contribution in [2.45, 2.75) is 19.1 Å². The molecule has 128 valence electrons. The molecule has 1 aliphatic heterocycles. The van der Waals surface area contributed by atoms with Crippen LogP contribution in [0.1, 0.15) is 24.3 Å². The van der Waals surface area contributed by atoms with Crippen LogP contribution in [0.25, 0.3) is 0 Å². The zero-order valence-electron chi connectivity index (χ0n) is 13.5. The van der Waals surface area contributed by atoms with E-state index >= 15 is 0 Å². The molecule has 0 bridgehead atoms. The van der Waals surface area contributed by atoms with Gasteiger partial charge in [0, 0.05) is 51.7 Å². The van der Waals surface area contributed by atoms with E-state index in [-0.39, 0.29) is 11.2 Å². The van der Waals surface area contributed by atoms with E-state index in [4.69, 9.17) is 0 Å². The topological polar surface area (TPSA) is 95.5 Å². The van der Waals surface area contributed by atoms with Crippen LogP contribution in [0.2, 0.25) is 0 Å². The Balaban J connectivity index is 1.72. The average Bonchev–Trinajstić information content (AvgIpc) is 2.56. The molecule has 9 heteroatoms. The van der Waals surface area contributed by atoms with Gasteiger partial charge >= 0.3 is 0 Å². The number of aromatic nitrogens is 2. The van der Waals surface area contributed by atoms with E-state index in [1.807, 2.05) is 0 Å². The molecule has 1 amide bonds. The van der Waals surface area contributed by atoms with Crippen LogP contribution >= 0.6 is 0 Å². The first-order valence-corrected chi connectivity index (χ1v) is 9.17. The molecule has 1 aliphatic rings. The van der Waals surface area contributed by atoms with Crippen LogP contribution in [0.4, 0.5) is 0 Å². The third-order valence-corrected chi connectivity index (χ3v) is 6.07. The molecule has 0 unspecified atom stereocenters. The summed E-state index contributed by atoms with van der Waals surface area (Å²) in [5.74, 6) is -0.251. The molecule has 0 spiro atoms. The summed E-state index contributed by atoms with van der Waals surface area (Å²) in [5, 5.41) is 2.40. The van der Waals surface area contributed by atoms with Gasteiger partial charge in [0.05, 0.1) is 11.4 Å². The van der Waals surface area contributed by atoms with E-state index in [1.165, 1.54) is 18.6 Å². The summed E-state index contributed by atoms with van der Waals surface area (Å²) in [4.78, 5) is 21.8. The molecular formula is C14H23N5O3S. The summed E-state index contributed by atoms with van der Waals surface area (Å²) >= 11 is 0. The van der Waals surface area contributed by atoms with Crippen LogP contribution in [0.15, 0.2) is 18.6 Å². The highest BCUT2D eigenvalue weighted by molar-refractivity contribution is 7.89. The lowest BCUT2D eigenvalue weighted by molar-refractivity contribution is 0.0939. The maximum Gasteiger partial charge on any atom is 0.271 e. The van der Waals surface area contributed by atoms with Gasteiger partial charge in [-0.05, 0) is 13.8 Å². The van der Waals surface area contributed by atoms with Crippen molar-refractivity contribution in [1.82, 2.24) is 24.5 Å². The first-order valence-electron chi connectivity index (χ1n) is 7.67. The van der Waals surface area contributed by atoms with Crippen molar-refractivity contribution in [1.29, 1.82) is 0 Å². The largest absolute Gasteiger partial charge is 0.349 e. The molecule has 0 aromatic carbocycles. The maximum absolute atomic E-state index is 12.1. The minimum Gasteiger partial charge on any atom is -0.349 e. The molecule has 8 nitrogen and oxygen atoms in total. The second kappa shape index (κ2) is 7.80. The van der Waals surface area contributed by atoms with Gasteiger partial charge in [-0.2, -0.15) is 4.31 Å². The number of nitrogens with one attached hydrogen (secondary N) is 1. The molecule has 1 N–H and O–H groups in total. The SMILES string of the molecule is CC(C)S(=O)(=O)N1CCN(CCNC(=O)c2cnccn2)CC1. The van der Waals surface area contributed by atoms with E-state index in [2.05, 4.69) is 20.2 Å². The Bertz CT molecular complexity index is 613. The van der Waals surface area contributed by atoms with E-state index in [1.54, 1.807) is 18.2 Å². The maximum atomic E-state index is 12.1. The van der Waals surface area contributed by atoms with Gasteiger partial charge in [0.25, 0.3) is 5.91 Å². The van der Waals surface area contributed by atoms with Crippen LogP contribution < -0.4 is 5.32 Å². The Morgan fingerprint density at radius 1 is 1.26 bits per heavy atom. The van der Waals surface area contributed by atoms with Crippen molar-refractivity contribution < 1.29 is 13.2 Å². The normalized spacial score (nSPS) is 17.3. The highest BCUT2D eigenvalue weighted by Crippen LogP contribution is 2.11. The summed E-state index contributed by atoms with van der Waals surface area (Å²) < 4.78 is 25.7. The van der Waals surface area contributed by atoms with Gasteiger partial charge < -0.3 is 5.32 Å². The number of piperazine rings is 1. The van der Waals surface area contributed by atoms with E-state index in [0.717, 1.165) is 0 Å². The molecule has 0 atom stereocenters. The Morgan fingerprint density at radius 2 is 1.96 bits per heavy atom. The van der Waals surface area contributed by atoms with Crippen LogP contribution in [0.3, 0.4) is 0 Å². The van der Waals surface area contributed by atoms with Gasteiger partial charge in [-0.25, -0.2) is 13.4 Å². The summed E-state index contributed by atoms with van der Waals surface area (Å²) in [6.45, 7) is 6.92. The number of rotatable bonds is 6. The van der Waals surface area contributed by atoms with E-state index in [0.29, 0.717) is 45.0 Å². The van der Waals surface area contributed by atoms with Crippen LogP contribution in [-0.2, 0) is 10.0 Å². The van der Waals surface area contributed by atoms with Gasteiger partial charge in [-0.3, -0.25) is 14.7 Å². The first kappa shape index (κ1) is 17.8. The number of hydrogen-bond acceptors (Lipinski definition) is 6. The van der Waals surface area contributed by atoms with Gasteiger partial charge in [0.15, 0.2) is 0 Å². The zero-order valence-corrected chi connectivity index (χ0v) is 14.3. The molecule has 1 fully saturated rings. The number of carbonyl (C=O) groups is 1. The second-order valence-electron chi connectivity index (χ2n) is 5.68. The quantitative estimate of drug-likeness (QED) is 0.754. The fourth-order valence-electron chi connectivity index (χ4n) is 2.34. The summed E-state index contributed by atoms with van der Waals surface area (Å²) in [5.41, 5.74) is 0.292. The van der Waals surface area contributed by atoms with Crippen molar-refractivity contribution in [2.75, 3.05) is 39.3 Å². The zero-order chi connectivity index (χ0) is 16.9.